The molecule has 3 N–H and O–H groups in total. The van der Waals surface area contributed by atoms with Gasteiger partial charge in [-0.2, -0.15) is 0 Å². The molecule has 0 aliphatic carbocycles. The van der Waals surface area contributed by atoms with Gasteiger partial charge in [0.2, 0.25) is 0 Å². The Morgan fingerprint density at radius 2 is 1.96 bits per heavy atom. The largest absolute Gasteiger partial charge is 0.366 e. The van der Waals surface area contributed by atoms with Gasteiger partial charge in [-0.15, -0.1) is 22.7 Å². The topological polar surface area (TPSA) is 75.4 Å². The number of aryl methyl sites for hydroxylation is 1. The minimum absolute atomic E-state index is 0.202. The van der Waals surface area contributed by atoms with E-state index in [1.54, 1.807) is 24.1 Å². The molecule has 2 amide bonds. The summed E-state index contributed by atoms with van der Waals surface area (Å²) >= 11 is 4.47. The molecule has 1 aliphatic rings. The van der Waals surface area contributed by atoms with Gasteiger partial charge in [0.05, 0.1) is 14.6 Å². The van der Waals surface area contributed by atoms with Crippen molar-refractivity contribution in [2.24, 2.45) is 5.73 Å². The van der Waals surface area contributed by atoms with Crippen LogP contribution in [0.1, 0.15) is 44.2 Å². The first-order chi connectivity index (χ1) is 11.5. The van der Waals surface area contributed by atoms with E-state index in [1.165, 1.54) is 41.9 Å². The highest BCUT2D eigenvalue weighted by molar-refractivity contribution is 7.99. The maximum Gasteiger partial charge on any atom is 0.266 e. The van der Waals surface area contributed by atoms with E-state index in [2.05, 4.69) is 9.62 Å². The van der Waals surface area contributed by atoms with Crippen LogP contribution >= 0.6 is 34.6 Å². The first-order valence-corrected chi connectivity index (χ1v) is 10.2. The highest BCUT2D eigenvalue weighted by Gasteiger charge is 2.20. The predicted octanol–water partition coefficient (Wildman–Crippen LogP) is 3.96. The normalized spacial score (nSPS) is 15.4. The molecule has 0 saturated carbocycles. The van der Waals surface area contributed by atoms with Crippen LogP contribution in [0.4, 0.5) is 5.00 Å². The molecule has 2 aromatic rings. The molecular weight excluding hydrogens is 362 g/mol. The lowest BCUT2D eigenvalue weighted by molar-refractivity contribution is 0.100. The van der Waals surface area contributed by atoms with E-state index in [9.17, 15) is 9.59 Å². The van der Waals surface area contributed by atoms with Gasteiger partial charge in [-0.25, -0.2) is 4.31 Å². The second-order valence-electron chi connectivity index (χ2n) is 5.62. The van der Waals surface area contributed by atoms with Crippen LogP contribution in [0, 0.1) is 6.92 Å². The average molecular weight is 382 g/mol. The van der Waals surface area contributed by atoms with Crippen LogP contribution in [0.5, 0.6) is 0 Å². The number of amides is 2. The molecule has 0 aromatic carbocycles. The molecule has 0 radical (unpaired) electrons. The summed E-state index contributed by atoms with van der Waals surface area (Å²) in [7, 11) is 0. The molecule has 3 heterocycles. The molecular formula is C16H19N3O2S3. The first-order valence-electron chi connectivity index (χ1n) is 7.77. The molecule has 128 valence electrons. The van der Waals surface area contributed by atoms with E-state index in [0.717, 1.165) is 22.2 Å². The third-order valence-electron chi connectivity index (χ3n) is 3.70. The van der Waals surface area contributed by atoms with Crippen LogP contribution in [-0.4, -0.2) is 29.2 Å². The molecule has 1 fully saturated rings. The summed E-state index contributed by atoms with van der Waals surface area (Å²) in [5.74, 6) is -0.721. The Morgan fingerprint density at radius 3 is 2.58 bits per heavy atom. The Labute approximate surface area is 153 Å². The average Bonchev–Trinajstić information content (AvgIpc) is 3.15. The van der Waals surface area contributed by atoms with Crippen molar-refractivity contribution in [2.75, 3.05) is 18.4 Å². The highest BCUT2D eigenvalue weighted by atomic mass is 32.2. The molecule has 3 rings (SSSR count). The Balaban J connectivity index is 1.75. The summed E-state index contributed by atoms with van der Waals surface area (Å²) in [6.45, 7) is 4.05. The fourth-order valence-electron chi connectivity index (χ4n) is 2.49. The van der Waals surface area contributed by atoms with Gasteiger partial charge in [-0.3, -0.25) is 9.59 Å². The number of nitrogens with zero attached hydrogens (tertiary/aromatic N) is 1. The number of carbonyl (C=O) groups excluding carboxylic acids is 2. The summed E-state index contributed by atoms with van der Waals surface area (Å²) in [6.07, 6.45) is 3.67. The summed E-state index contributed by atoms with van der Waals surface area (Å²) in [4.78, 5) is 25.7. The number of nitrogens with one attached hydrogen (secondary N) is 1. The second-order valence-corrected chi connectivity index (χ2v) is 9.36. The maximum absolute atomic E-state index is 12.3. The van der Waals surface area contributed by atoms with Gasteiger partial charge >= 0.3 is 0 Å². The molecule has 5 nitrogen and oxygen atoms in total. The van der Waals surface area contributed by atoms with E-state index >= 15 is 0 Å². The van der Waals surface area contributed by atoms with Crippen molar-refractivity contribution in [3.05, 3.63) is 33.5 Å². The Bertz CT molecular complexity index is 748. The van der Waals surface area contributed by atoms with Crippen molar-refractivity contribution in [1.29, 1.82) is 0 Å². The fourth-order valence-corrected chi connectivity index (χ4v) is 5.63. The van der Waals surface area contributed by atoms with E-state index in [-0.39, 0.29) is 5.91 Å². The summed E-state index contributed by atoms with van der Waals surface area (Å²) in [6, 6.07) is 5.47. The molecule has 2 aromatic heterocycles. The van der Waals surface area contributed by atoms with Crippen molar-refractivity contribution in [3.8, 4) is 0 Å². The number of nitrogens with two attached hydrogens (primary N) is 1. The molecule has 0 spiro atoms. The van der Waals surface area contributed by atoms with Crippen LogP contribution in [0.15, 0.2) is 22.4 Å². The standard InChI is InChI=1S/C16H19N3O2S3/c1-10-5-6-12(22-10)15(21)18-16-11(14(17)20)9-13(23-16)24-19-7-3-2-4-8-19/h5-6,9H,2-4,7-8H2,1H3,(H2,17,20)(H,18,21). The van der Waals surface area contributed by atoms with Gasteiger partial charge in [-0.05, 0) is 49.9 Å². The Morgan fingerprint density at radius 1 is 1.21 bits per heavy atom. The van der Waals surface area contributed by atoms with Crippen molar-refractivity contribution in [1.82, 2.24) is 4.31 Å². The van der Waals surface area contributed by atoms with E-state index in [0.29, 0.717) is 15.4 Å². The fraction of sp³-hybridized carbons (Fsp3) is 0.375. The summed E-state index contributed by atoms with van der Waals surface area (Å²) in [5, 5.41) is 3.36. The van der Waals surface area contributed by atoms with Gasteiger partial charge in [-0.1, -0.05) is 6.42 Å². The molecule has 8 heteroatoms. The lowest BCUT2D eigenvalue weighted by Gasteiger charge is -2.24. The zero-order valence-corrected chi connectivity index (χ0v) is 15.8. The molecule has 24 heavy (non-hydrogen) atoms. The molecule has 1 saturated heterocycles. The number of piperidine rings is 1. The van der Waals surface area contributed by atoms with E-state index < -0.39 is 5.91 Å². The predicted molar refractivity (Wildman–Crippen MR) is 101 cm³/mol. The maximum atomic E-state index is 12.3. The number of primary amides is 1. The number of anilines is 1. The third-order valence-corrected chi connectivity index (χ3v) is 6.94. The van der Waals surface area contributed by atoms with Crippen LogP contribution in [0.25, 0.3) is 0 Å². The minimum Gasteiger partial charge on any atom is -0.366 e. The van der Waals surface area contributed by atoms with Crippen molar-refractivity contribution >= 4 is 51.4 Å². The quantitative estimate of drug-likeness (QED) is 0.769. The monoisotopic (exact) mass is 381 g/mol. The SMILES string of the molecule is Cc1ccc(C(=O)Nc2sc(SN3CCCCC3)cc2C(N)=O)s1. The first kappa shape index (κ1) is 17.5. The van der Waals surface area contributed by atoms with Crippen LogP contribution < -0.4 is 11.1 Å². The van der Waals surface area contributed by atoms with Crippen molar-refractivity contribution in [3.63, 3.8) is 0 Å². The Hall–Kier alpha value is -1.35. The van der Waals surface area contributed by atoms with Crippen LogP contribution in [0.2, 0.25) is 0 Å². The third kappa shape index (κ3) is 4.18. The molecule has 0 unspecified atom stereocenters. The van der Waals surface area contributed by atoms with Gasteiger partial charge in [0.1, 0.15) is 5.00 Å². The summed E-state index contributed by atoms with van der Waals surface area (Å²) in [5.41, 5.74) is 5.85. The number of thiophene rings is 2. The molecule has 1 aliphatic heterocycles. The number of hydrogen-bond acceptors (Lipinski definition) is 6. The van der Waals surface area contributed by atoms with Crippen molar-refractivity contribution in [2.45, 2.75) is 30.4 Å². The number of rotatable bonds is 5. The van der Waals surface area contributed by atoms with Gasteiger partial charge < -0.3 is 11.1 Å². The van der Waals surface area contributed by atoms with Gasteiger partial charge in [0.15, 0.2) is 0 Å². The number of carbonyl (C=O) groups is 2. The van der Waals surface area contributed by atoms with Crippen LogP contribution in [0.3, 0.4) is 0 Å². The van der Waals surface area contributed by atoms with E-state index in [1.807, 2.05) is 13.0 Å². The zero-order valence-electron chi connectivity index (χ0n) is 13.3. The second kappa shape index (κ2) is 7.69. The lowest BCUT2D eigenvalue weighted by Crippen LogP contribution is -2.22. The number of hydrogen-bond donors (Lipinski definition) is 2. The smallest absolute Gasteiger partial charge is 0.266 e. The van der Waals surface area contributed by atoms with Gasteiger partial charge in [0, 0.05) is 18.0 Å². The summed E-state index contributed by atoms with van der Waals surface area (Å²) < 4.78 is 3.28. The highest BCUT2D eigenvalue weighted by Crippen LogP contribution is 2.37. The zero-order chi connectivity index (χ0) is 17.1. The van der Waals surface area contributed by atoms with Gasteiger partial charge in [0.25, 0.3) is 11.8 Å². The van der Waals surface area contributed by atoms with Crippen molar-refractivity contribution < 1.29 is 9.59 Å². The minimum atomic E-state index is -0.519. The molecule has 0 bridgehead atoms. The molecule has 0 atom stereocenters. The van der Waals surface area contributed by atoms with Crippen LogP contribution in [-0.2, 0) is 0 Å². The Kier molecular flexibility index (Phi) is 5.60. The van der Waals surface area contributed by atoms with E-state index in [4.69, 9.17) is 5.73 Å². The lowest BCUT2D eigenvalue weighted by atomic mass is 10.2.